The lowest BCUT2D eigenvalue weighted by atomic mass is 10.1. The number of rotatable bonds is 4. The Hall–Kier alpha value is -3.47. The monoisotopic (exact) mass is 428 g/mol. The summed E-state index contributed by atoms with van der Waals surface area (Å²) < 4.78 is 44.8. The molecule has 1 fully saturated rings. The highest BCUT2D eigenvalue weighted by Gasteiger charge is 2.26. The number of nitrogens with zero attached hydrogens (tertiary/aromatic N) is 5. The van der Waals surface area contributed by atoms with Gasteiger partial charge in [-0.15, -0.1) is 10.2 Å². The Kier molecular flexibility index (Phi) is 4.81. The number of piperidine rings is 1. The van der Waals surface area contributed by atoms with Gasteiger partial charge >= 0.3 is 0 Å². The fourth-order valence-electron chi connectivity index (χ4n) is 3.67. The molecular weight excluding hydrogens is 409 g/mol. The van der Waals surface area contributed by atoms with Crippen molar-refractivity contribution in [2.24, 2.45) is 0 Å². The van der Waals surface area contributed by atoms with E-state index in [4.69, 9.17) is 0 Å². The van der Waals surface area contributed by atoms with Crippen molar-refractivity contribution >= 4 is 11.5 Å². The lowest BCUT2D eigenvalue weighted by molar-refractivity contribution is 0.240. The molecule has 5 rings (SSSR count). The number of H-pyrrole nitrogens is 1. The van der Waals surface area contributed by atoms with Crippen molar-refractivity contribution in [3.63, 3.8) is 0 Å². The van der Waals surface area contributed by atoms with Crippen LogP contribution in [0.25, 0.3) is 28.4 Å². The van der Waals surface area contributed by atoms with E-state index in [1.165, 1.54) is 6.20 Å². The fraction of sp³-hybridized carbons (Fsp3) is 0.300. The Labute approximate surface area is 175 Å². The number of imidazole rings is 1. The lowest BCUT2D eigenvalue weighted by Crippen LogP contribution is -2.46. The van der Waals surface area contributed by atoms with Gasteiger partial charge in [0.25, 0.3) is 0 Å². The molecule has 160 valence electrons. The van der Waals surface area contributed by atoms with Crippen molar-refractivity contribution in [2.45, 2.75) is 25.6 Å². The molecule has 0 spiro atoms. The van der Waals surface area contributed by atoms with E-state index < -0.39 is 23.8 Å². The van der Waals surface area contributed by atoms with Gasteiger partial charge in [0.2, 0.25) is 0 Å². The zero-order valence-electron chi connectivity index (χ0n) is 16.5. The second-order valence-corrected chi connectivity index (χ2v) is 7.45. The number of aromatic nitrogens is 6. The molecule has 0 radical (unpaired) electrons. The molecule has 0 saturated carbocycles. The predicted octanol–water partition coefficient (Wildman–Crippen LogP) is 2.88. The number of pyridine rings is 2. The van der Waals surface area contributed by atoms with Crippen LogP contribution in [0.15, 0.2) is 30.6 Å². The topological polar surface area (TPSA) is 95.8 Å². The molecule has 0 aliphatic carbocycles. The van der Waals surface area contributed by atoms with Gasteiger partial charge in [-0.25, -0.2) is 23.1 Å². The number of anilines is 1. The van der Waals surface area contributed by atoms with E-state index in [1.807, 2.05) is 0 Å². The van der Waals surface area contributed by atoms with E-state index in [0.29, 0.717) is 42.5 Å². The maximum absolute atomic E-state index is 14.6. The summed E-state index contributed by atoms with van der Waals surface area (Å²) in [7, 11) is 0. The van der Waals surface area contributed by atoms with Crippen LogP contribution >= 0.6 is 0 Å². The summed E-state index contributed by atoms with van der Waals surface area (Å²) in [4.78, 5) is 11.5. The molecule has 4 aromatic rings. The highest BCUT2D eigenvalue weighted by atomic mass is 19.1. The highest BCUT2D eigenvalue weighted by molar-refractivity contribution is 5.67. The number of aryl methyl sites for hydroxylation is 1. The molecule has 11 heteroatoms. The van der Waals surface area contributed by atoms with Crippen LogP contribution in [0.2, 0.25) is 0 Å². The molecule has 5 heterocycles. The van der Waals surface area contributed by atoms with Crippen LogP contribution in [0, 0.1) is 18.6 Å². The minimum absolute atomic E-state index is 0.0844. The Morgan fingerprint density at radius 1 is 1.19 bits per heavy atom. The largest absolute Gasteiger partial charge is 0.361 e. The lowest BCUT2D eigenvalue weighted by Gasteiger charge is -2.28. The van der Waals surface area contributed by atoms with Crippen LogP contribution in [-0.4, -0.2) is 54.9 Å². The number of aromatic amines is 1. The molecule has 1 aliphatic heterocycles. The third-order valence-corrected chi connectivity index (χ3v) is 5.28. The molecule has 2 atom stereocenters. The first kappa shape index (κ1) is 19.5. The standard InChI is InChI=1S/C20H19F3N8/c1-10-26-19(30-29-10)11-3-5-31-16(9-25-17(31)6-11)18-13(22)7-14(23)20(28-18)27-15-8-24-4-2-12(15)21/h3,5-7,9,12,15,24H,2,4,8H2,1H3,(H,27,28)(H,26,29,30)/t12-,15-/m1/s1. The molecule has 0 aromatic carbocycles. The third-order valence-electron chi connectivity index (χ3n) is 5.28. The van der Waals surface area contributed by atoms with Crippen LogP contribution in [0.1, 0.15) is 12.2 Å². The van der Waals surface area contributed by atoms with Gasteiger partial charge in [-0.05, 0) is 32.0 Å². The van der Waals surface area contributed by atoms with E-state index in [-0.39, 0.29) is 11.5 Å². The van der Waals surface area contributed by atoms with Crippen molar-refractivity contribution in [3.05, 3.63) is 48.1 Å². The third kappa shape index (κ3) is 3.61. The molecule has 1 aliphatic rings. The summed E-state index contributed by atoms with van der Waals surface area (Å²) in [6, 6.07) is 3.65. The Morgan fingerprint density at radius 2 is 2.06 bits per heavy atom. The number of halogens is 3. The first-order chi connectivity index (χ1) is 15.0. The normalized spacial score (nSPS) is 19.1. The van der Waals surface area contributed by atoms with Gasteiger partial charge in [-0.2, -0.15) is 0 Å². The van der Waals surface area contributed by atoms with Gasteiger partial charge in [-0.3, -0.25) is 4.40 Å². The number of hydrogen-bond acceptors (Lipinski definition) is 6. The van der Waals surface area contributed by atoms with E-state index in [0.717, 1.165) is 11.6 Å². The van der Waals surface area contributed by atoms with Crippen LogP contribution in [0.4, 0.5) is 19.0 Å². The number of fused-ring (bicyclic) bond motifs is 1. The number of hydrogen-bond donors (Lipinski definition) is 3. The van der Waals surface area contributed by atoms with E-state index in [2.05, 4.69) is 35.8 Å². The van der Waals surface area contributed by atoms with E-state index in [1.54, 1.807) is 29.7 Å². The van der Waals surface area contributed by atoms with E-state index >= 15 is 0 Å². The molecule has 0 unspecified atom stereocenters. The van der Waals surface area contributed by atoms with Crippen molar-refractivity contribution in [1.82, 2.24) is 34.9 Å². The van der Waals surface area contributed by atoms with Crippen molar-refractivity contribution in [2.75, 3.05) is 18.4 Å². The van der Waals surface area contributed by atoms with Crippen molar-refractivity contribution in [1.29, 1.82) is 0 Å². The van der Waals surface area contributed by atoms with Crippen LogP contribution in [0.5, 0.6) is 0 Å². The minimum atomic E-state index is -1.15. The first-order valence-corrected chi connectivity index (χ1v) is 9.84. The SMILES string of the molecule is Cc1nnc(-c2ccn3c(-c4nc(N[C@@H]5CNCC[C@H]5F)c(F)cc4F)cnc3c2)[nH]1. The fourth-order valence-corrected chi connectivity index (χ4v) is 3.67. The van der Waals surface area contributed by atoms with Gasteiger partial charge in [0, 0.05) is 24.4 Å². The molecule has 8 nitrogen and oxygen atoms in total. The predicted molar refractivity (Wildman–Crippen MR) is 108 cm³/mol. The molecule has 0 amide bonds. The Balaban J connectivity index is 1.52. The average molecular weight is 428 g/mol. The summed E-state index contributed by atoms with van der Waals surface area (Å²) in [5.41, 5.74) is 1.55. The summed E-state index contributed by atoms with van der Waals surface area (Å²) in [5, 5.41) is 13.8. The average Bonchev–Trinajstić information content (AvgIpc) is 3.37. The molecule has 31 heavy (non-hydrogen) atoms. The highest BCUT2D eigenvalue weighted by Crippen LogP contribution is 2.28. The quantitative estimate of drug-likeness (QED) is 0.463. The Morgan fingerprint density at radius 3 is 2.84 bits per heavy atom. The van der Waals surface area contributed by atoms with Crippen LogP contribution < -0.4 is 10.6 Å². The van der Waals surface area contributed by atoms with Gasteiger partial charge in [0.05, 0.1) is 17.9 Å². The van der Waals surface area contributed by atoms with Crippen LogP contribution in [-0.2, 0) is 0 Å². The van der Waals surface area contributed by atoms with Crippen molar-refractivity contribution < 1.29 is 13.2 Å². The van der Waals surface area contributed by atoms with Gasteiger partial charge in [0.1, 0.15) is 23.3 Å². The molecule has 1 saturated heterocycles. The van der Waals surface area contributed by atoms with Gasteiger partial charge in [0.15, 0.2) is 23.3 Å². The summed E-state index contributed by atoms with van der Waals surface area (Å²) >= 11 is 0. The van der Waals surface area contributed by atoms with Crippen LogP contribution in [0.3, 0.4) is 0 Å². The molecule has 0 bridgehead atoms. The van der Waals surface area contributed by atoms with Crippen molar-refractivity contribution in [3.8, 4) is 22.8 Å². The van der Waals surface area contributed by atoms with E-state index in [9.17, 15) is 13.2 Å². The Bertz CT molecular complexity index is 1250. The maximum atomic E-state index is 14.6. The summed E-state index contributed by atoms with van der Waals surface area (Å²) in [5.74, 6) is -0.644. The number of nitrogens with one attached hydrogen (secondary N) is 3. The zero-order chi connectivity index (χ0) is 21.5. The summed E-state index contributed by atoms with van der Waals surface area (Å²) in [6.07, 6.45) is 2.32. The second kappa shape index (κ2) is 7.65. The first-order valence-electron chi connectivity index (χ1n) is 9.84. The summed E-state index contributed by atoms with van der Waals surface area (Å²) in [6.45, 7) is 2.68. The minimum Gasteiger partial charge on any atom is -0.361 e. The van der Waals surface area contributed by atoms with Gasteiger partial charge < -0.3 is 15.6 Å². The maximum Gasteiger partial charge on any atom is 0.168 e. The molecular formula is C20H19F3N8. The van der Waals surface area contributed by atoms with Gasteiger partial charge in [-0.1, -0.05) is 0 Å². The molecule has 3 N–H and O–H groups in total. The zero-order valence-corrected chi connectivity index (χ0v) is 16.5. The smallest absolute Gasteiger partial charge is 0.168 e. The molecule has 4 aromatic heterocycles. The second-order valence-electron chi connectivity index (χ2n) is 7.45. The number of alkyl halides is 1.